The number of carbonyl (C=O) groups excluding carboxylic acids is 6. The summed E-state index contributed by atoms with van der Waals surface area (Å²) in [5, 5.41) is 3.25. The van der Waals surface area contributed by atoms with Crippen LogP contribution < -0.4 is 15.6 Å². The smallest absolute Gasteiger partial charge is 0.431 e. The molecule has 0 aromatic heterocycles. The third-order valence-electron chi connectivity index (χ3n) is 12.9. The van der Waals surface area contributed by atoms with Crippen molar-refractivity contribution in [2.75, 3.05) is 19.8 Å². The van der Waals surface area contributed by atoms with Gasteiger partial charge in [0.25, 0.3) is 0 Å². The lowest BCUT2D eigenvalue weighted by molar-refractivity contribution is -0.217. The molecule has 0 aliphatic rings. The minimum Gasteiger partial charge on any atom is -0.431 e. The van der Waals surface area contributed by atoms with Crippen LogP contribution in [0.15, 0.2) is 110 Å². The second-order valence-corrected chi connectivity index (χ2v) is 30.3. The Bertz CT molecular complexity index is 1920. The lowest BCUT2D eigenvalue weighted by Gasteiger charge is -2.30. The molecule has 15 nitrogen and oxygen atoms in total. The van der Waals surface area contributed by atoms with Crippen LogP contribution in [0.1, 0.15) is 92.4 Å². The number of hydrogen-bond acceptors (Lipinski definition) is 15. The molecule has 0 aliphatic carbocycles. The summed E-state index contributed by atoms with van der Waals surface area (Å²) in [5.41, 5.74) is 4.82. The van der Waals surface area contributed by atoms with Gasteiger partial charge in [-0.3, -0.25) is 0 Å². The largest absolute Gasteiger partial charge is 0.549 e. The Labute approximate surface area is 396 Å². The number of benzene rings is 3. The van der Waals surface area contributed by atoms with Gasteiger partial charge in [0.15, 0.2) is 0 Å². The van der Waals surface area contributed by atoms with Gasteiger partial charge in [-0.1, -0.05) is 160 Å². The molecule has 0 N–H and O–H groups in total. The molecule has 3 rings (SSSR count). The maximum Gasteiger partial charge on any atom is 0.549 e. The van der Waals surface area contributed by atoms with Crippen molar-refractivity contribution in [1.82, 2.24) is 0 Å². The normalized spacial score (nSPS) is 11.5. The van der Waals surface area contributed by atoms with Gasteiger partial charge in [-0.05, 0) is 42.8 Å². The van der Waals surface area contributed by atoms with E-state index in [1.165, 1.54) is 0 Å². The minimum atomic E-state index is -1.94. The van der Waals surface area contributed by atoms with Crippen LogP contribution in [0.3, 0.4) is 0 Å². The first kappa shape index (κ1) is 55.1. The average Bonchev–Trinajstić information content (AvgIpc) is 3.37. The standard InChI is InChI=1S/C49H64O15Si3/c1-11-33-49(34-56-46(53)62-59-43(50)37-21-27-40(28-22-37)65(12-2,13-3)14-4,35-57-47(54)63-60-44(51)38-23-29-41(30-24-38)66(15-5,16-6)17-7)36-58-48(55)64-61-45(52)39-25-31-42(32-26-39)67(18-8,19-9)20-10/h12,15,18,21-32H,2,5,8,11,13-14,16-17,19-20,33-36H2,1,3-4,6-7,9-10H3. The van der Waals surface area contributed by atoms with Crippen LogP contribution in [0.25, 0.3) is 0 Å². The summed E-state index contributed by atoms with van der Waals surface area (Å²) in [6.07, 6.45) is -3.96. The number of rotatable bonds is 23. The van der Waals surface area contributed by atoms with E-state index in [0.717, 1.165) is 51.8 Å². The fourth-order valence-corrected chi connectivity index (χ4v) is 16.8. The third kappa shape index (κ3) is 14.4. The Hall–Kier alpha value is -6.25. The highest BCUT2D eigenvalue weighted by atomic mass is 28.3. The molecule has 362 valence electrons. The Balaban J connectivity index is 1.70. The monoisotopic (exact) mass is 976 g/mol. The van der Waals surface area contributed by atoms with Gasteiger partial charge in [-0.25, -0.2) is 43.7 Å². The predicted molar refractivity (Wildman–Crippen MR) is 260 cm³/mol. The SMILES string of the molecule is C=C[Si](CC)(CC)c1ccc(C(=O)OOC(=O)OCC(CCC)(COC(=O)OOC(=O)c2ccc([Si](C=C)(CC)CC)cc2)COC(=O)OOC(=O)c2ccc([Si](C=C)(CC)CC)cc2)cc1. The van der Waals surface area contributed by atoms with E-state index in [1.807, 2.05) is 53.5 Å². The quantitative estimate of drug-likeness (QED) is 0.0287. The molecule has 67 heavy (non-hydrogen) atoms. The zero-order chi connectivity index (χ0) is 49.7. The Kier molecular flexibility index (Phi) is 21.5. The molecule has 0 heterocycles. The molecular weight excluding hydrogens is 913 g/mol. The van der Waals surface area contributed by atoms with Gasteiger partial charge in [0.2, 0.25) is 0 Å². The molecule has 0 fully saturated rings. The van der Waals surface area contributed by atoms with Gasteiger partial charge < -0.3 is 14.2 Å². The Morgan fingerprint density at radius 3 is 0.851 bits per heavy atom. The van der Waals surface area contributed by atoms with Crippen LogP contribution >= 0.6 is 0 Å². The lowest BCUT2D eigenvalue weighted by atomic mass is 9.86. The van der Waals surface area contributed by atoms with E-state index in [0.29, 0.717) is 6.42 Å². The first-order valence-electron chi connectivity index (χ1n) is 22.5. The molecule has 0 atom stereocenters. The van der Waals surface area contributed by atoms with Gasteiger partial charge in [0.05, 0.1) is 22.1 Å². The van der Waals surface area contributed by atoms with Crippen molar-refractivity contribution in [3.63, 3.8) is 0 Å². The molecule has 0 saturated heterocycles. The van der Waals surface area contributed by atoms with Crippen LogP contribution in [0.5, 0.6) is 0 Å². The number of hydrogen-bond donors (Lipinski definition) is 0. The molecule has 0 saturated carbocycles. The zero-order valence-electron chi connectivity index (χ0n) is 39.7. The molecule has 0 bridgehead atoms. The molecule has 0 radical (unpaired) electrons. The van der Waals surface area contributed by atoms with Crippen molar-refractivity contribution in [1.29, 1.82) is 0 Å². The molecule has 3 aromatic carbocycles. The maximum absolute atomic E-state index is 12.8. The van der Waals surface area contributed by atoms with Crippen LogP contribution in [0.2, 0.25) is 36.3 Å². The topological polar surface area (TPSA) is 185 Å². The van der Waals surface area contributed by atoms with Gasteiger partial charge in [-0.15, -0.1) is 19.7 Å². The zero-order valence-corrected chi connectivity index (χ0v) is 42.7. The van der Waals surface area contributed by atoms with Crippen molar-refractivity contribution in [3.05, 3.63) is 126 Å². The van der Waals surface area contributed by atoms with E-state index < -0.39 is 85.8 Å². The van der Waals surface area contributed by atoms with E-state index in [2.05, 4.69) is 75.9 Å². The first-order chi connectivity index (χ1) is 32.1. The summed E-state index contributed by atoms with van der Waals surface area (Å²) in [6, 6.07) is 25.9. The van der Waals surface area contributed by atoms with E-state index in [9.17, 15) is 28.8 Å². The summed E-state index contributed by atoms with van der Waals surface area (Å²) >= 11 is 0. The Morgan fingerprint density at radius 1 is 0.418 bits per heavy atom. The van der Waals surface area contributed by atoms with Crippen molar-refractivity contribution < 1.29 is 72.3 Å². The second-order valence-electron chi connectivity index (χ2n) is 16.2. The highest BCUT2D eigenvalue weighted by molar-refractivity contribution is 6.96. The molecule has 0 aliphatic heterocycles. The van der Waals surface area contributed by atoms with Crippen LogP contribution in [0.4, 0.5) is 14.4 Å². The van der Waals surface area contributed by atoms with Gasteiger partial charge >= 0.3 is 36.4 Å². The molecular formula is C49H64O15Si3. The minimum absolute atomic E-state index is 0.0619. The predicted octanol–water partition coefficient (Wildman–Crippen LogP) is 9.81. The summed E-state index contributed by atoms with van der Waals surface area (Å²) in [6.45, 7) is 24.5. The average molecular weight is 977 g/mol. The van der Waals surface area contributed by atoms with Crippen LogP contribution in [-0.4, -0.2) is 80.4 Å². The molecule has 0 spiro atoms. The number of carbonyl (C=O) groups is 6. The highest BCUT2D eigenvalue weighted by Crippen LogP contribution is 2.28. The van der Waals surface area contributed by atoms with E-state index in [4.69, 9.17) is 28.9 Å². The first-order valence-corrected chi connectivity index (χ1v) is 29.9. The maximum atomic E-state index is 12.8. The molecule has 0 unspecified atom stereocenters. The number of ether oxygens (including phenoxy) is 3. The molecule has 3 aromatic rings. The highest BCUT2D eigenvalue weighted by Gasteiger charge is 2.37. The molecule has 0 amide bonds. The summed E-state index contributed by atoms with van der Waals surface area (Å²) in [5.74, 6) is -2.92. The van der Waals surface area contributed by atoms with Gasteiger partial charge in [0.1, 0.15) is 44.0 Å². The van der Waals surface area contributed by atoms with Crippen molar-refractivity contribution in [3.8, 4) is 0 Å². The van der Waals surface area contributed by atoms with Crippen molar-refractivity contribution in [2.24, 2.45) is 5.41 Å². The summed E-state index contributed by atoms with van der Waals surface area (Å²) < 4.78 is 15.8. The summed E-state index contributed by atoms with van der Waals surface area (Å²) in [4.78, 5) is 105. The lowest BCUT2D eigenvalue weighted by Crippen LogP contribution is -2.44. The fourth-order valence-electron chi connectivity index (χ4n) is 7.95. The van der Waals surface area contributed by atoms with Gasteiger partial charge in [-0.2, -0.15) is 14.4 Å². The van der Waals surface area contributed by atoms with Crippen LogP contribution in [-0.2, 0) is 43.5 Å². The van der Waals surface area contributed by atoms with E-state index in [1.54, 1.807) is 43.3 Å². The van der Waals surface area contributed by atoms with Crippen molar-refractivity contribution >= 4 is 76.2 Å². The van der Waals surface area contributed by atoms with Gasteiger partial charge in [0, 0.05) is 0 Å². The summed E-state index contributed by atoms with van der Waals surface area (Å²) in [7, 11) is -5.82. The van der Waals surface area contributed by atoms with Crippen molar-refractivity contribution in [2.45, 2.75) is 97.6 Å². The third-order valence-corrected chi connectivity index (χ3v) is 27.2. The van der Waals surface area contributed by atoms with E-state index in [-0.39, 0.29) is 23.1 Å². The fraction of sp³-hybridized carbons (Fsp3) is 0.388. The Morgan fingerprint density at radius 2 is 0.657 bits per heavy atom. The second kappa shape index (κ2) is 26.2. The van der Waals surface area contributed by atoms with E-state index >= 15 is 0 Å². The molecule has 18 heteroatoms. The van der Waals surface area contributed by atoms with Crippen LogP contribution in [0, 0.1) is 5.41 Å².